The topological polar surface area (TPSA) is 80.6 Å². The van der Waals surface area contributed by atoms with E-state index >= 15 is 0 Å². The Hall–Kier alpha value is -0.174. The predicted molar refractivity (Wildman–Crippen MR) is 98.1 cm³/mol. The summed E-state index contributed by atoms with van der Waals surface area (Å²) in [5.41, 5.74) is 5.20. The smallest absolute Gasteiger partial charge is 0.423 e. The van der Waals surface area contributed by atoms with Gasteiger partial charge in [-0.05, 0) is 66.5 Å². The van der Waals surface area contributed by atoms with Gasteiger partial charge in [0.2, 0.25) is 0 Å². The van der Waals surface area contributed by atoms with Crippen molar-refractivity contribution in [2.24, 2.45) is 0 Å². The third-order valence-corrected chi connectivity index (χ3v) is 7.22. The van der Waals surface area contributed by atoms with E-state index in [9.17, 15) is 26.4 Å². The van der Waals surface area contributed by atoms with Crippen molar-refractivity contribution in [2.45, 2.75) is 50.0 Å². The minimum absolute atomic E-state index is 0. The number of fused-ring (bicyclic) bond motifs is 2. The van der Waals surface area contributed by atoms with E-state index < -0.39 is 34.0 Å². The molecule has 0 radical (unpaired) electrons. The van der Waals surface area contributed by atoms with Crippen LogP contribution in [0.2, 0.25) is 0 Å². The van der Waals surface area contributed by atoms with Gasteiger partial charge in [0.15, 0.2) is 16.1 Å². The summed E-state index contributed by atoms with van der Waals surface area (Å²) in [6.45, 7) is -1.70. The summed E-state index contributed by atoms with van der Waals surface area (Å²) in [6, 6.07) is 1.22. The molecule has 1 fully saturated rings. The maximum Gasteiger partial charge on any atom is 1.00 e. The monoisotopic (exact) mass is 455 g/mol. The van der Waals surface area contributed by atoms with Crippen LogP contribution in [0.5, 0.6) is 0 Å². The summed E-state index contributed by atoms with van der Waals surface area (Å²) in [4.78, 5) is 13.3. The van der Waals surface area contributed by atoms with Crippen LogP contribution in [0.1, 0.15) is 35.1 Å². The van der Waals surface area contributed by atoms with Crippen molar-refractivity contribution in [3.8, 4) is 0 Å². The van der Waals surface area contributed by atoms with Gasteiger partial charge in [0, 0.05) is 13.1 Å². The molecule has 0 aromatic heterocycles. The van der Waals surface area contributed by atoms with E-state index in [-0.39, 0.29) is 64.5 Å². The third-order valence-electron chi connectivity index (χ3n) is 5.66. The molecule has 1 heterocycles. The molecule has 1 saturated heterocycles. The van der Waals surface area contributed by atoms with Crippen molar-refractivity contribution in [3.05, 3.63) is 33.0 Å². The molecule has 1 aromatic rings. The normalized spacial score (nSPS) is 19.1. The van der Waals surface area contributed by atoms with Gasteiger partial charge in [-0.25, -0.2) is 8.42 Å². The van der Waals surface area contributed by atoms with Gasteiger partial charge in [0.05, 0.1) is 11.8 Å². The van der Waals surface area contributed by atoms with E-state index in [0.717, 1.165) is 54.6 Å². The summed E-state index contributed by atoms with van der Waals surface area (Å²) in [5, 5.41) is 1.60. The van der Waals surface area contributed by atoms with E-state index in [1.807, 2.05) is 0 Å². The number of urea groups is 1. The van der Waals surface area contributed by atoms with Crippen LogP contribution < -0.4 is 56.7 Å². The molecule has 0 atom stereocenters. The number of alkyl halides is 3. The van der Waals surface area contributed by atoms with Crippen molar-refractivity contribution in [1.82, 2.24) is 4.90 Å². The molecule has 29 heavy (non-hydrogen) atoms. The maximum atomic E-state index is 12.3. The molecule has 4 rings (SSSR count). The Kier molecular flexibility index (Phi) is 7.09. The van der Waals surface area contributed by atoms with E-state index in [1.165, 1.54) is 11.1 Å². The SMILES string of the molecule is O=C([N-]S(=O)(=O)C1CN(CC(F)(F)F)C1)Nc1c2c(cc3c1CCC3)CCC2.[K+]. The first-order valence-corrected chi connectivity index (χ1v) is 10.9. The van der Waals surface area contributed by atoms with Crippen molar-refractivity contribution >= 4 is 21.7 Å². The van der Waals surface area contributed by atoms with Crippen LogP contribution in [0.15, 0.2) is 6.07 Å². The van der Waals surface area contributed by atoms with Crippen molar-refractivity contribution < 1.29 is 77.8 Å². The summed E-state index contributed by atoms with van der Waals surface area (Å²) in [7, 11) is -4.16. The van der Waals surface area contributed by atoms with Crippen LogP contribution in [0, 0.1) is 0 Å². The number of nitrogens with zero attached hydrogens (tertiary/aromatic N) is 2. The summed E-state index contributed by atoms with van der Waals surface area (Å²) >= 11 is 0. The maximum absolute atomic E-state index is 12.3. The molecule has 0 saturated carbocycles. The van der Waals surface area contributed by atoms with E-state index in [2.05, 4.69) is 16.1 Å². The minimum atomic E-state index is -4.38. The number of likely N-dealkylation sites (tertiary alicyclic amines) is 1. The number of benzene rings is 1. The number of rotatable bonds is 4. The fourth-order valence-corrected chi connectivity index (χ4v) is 5.60. The summed E-state index contributed by atoms with van der Waals surface area (Å²) < 4.78 is 64.9. The number of hydrogen-bond donors (Lipinski definition) is 1. The van der Waals surface area contributed by atoms with Crippen LogP contribution >= 0.6 is 0 Å². The van der Waals surface area contributed by atoms with Crippen LogP contribution in [0.3, 0.4) is 0 Å². The van der Waals surface area contributed by atoms with Crippen molar-refractivity contribution in [1.29, 1.82) is 0 Å². The number of amides is 2. The molecule has 2 amide bonds. The zero-order valence-electron chi connectivity index (χ0n) is 16.2. The van der Waals surface area contributed by atoms with Gasteiger partial charge in [-0.15, -0.1) is 0 Å². The van der Waals surface area contributed by atoms with Gasteiger partial charge in [-0.2, -0.15) is 13.2 Å². The third kappa shape index (κ3) is 5.19. The second-order valence-electron chi connectivity index (χ2n) is 7.70. The number of sulfonamides is 1. The second kappa shape index (κ2) is 8.75. The van der Waals surface area contributed by atoms with E-state index in [0.29, 0.717) is 5.69 Å². The Morgan fingerprint density at radius 3 is 2.17 bits per heavy atom. The van der Waals surface area contributed by atoms with E-state index in [4.69, 9.17) is 0 Å². The van der Waals surface area contributed by atoms with E-state index in [1.54, 1.807) is 0 Å². The molecule has 0 bridgehead atoms. The molecule has 1 N–H and O–H groups in total. The Labute approximate surface area is 210 Å². The van der Waals surface area contributed by atoms with Crippen LogP contribution in [-0.4, -0.2) is 50.4 Å². The average molecular weight is 456 g/mol. The largest absolute Gasteiger partial charge is 1.00 e. The van der Waals surface area contributed by atoms with Crippen LogP contribution in [0.25, 0.3) is 4.72 Å². The molecular weight excluding hydrogens is 434 g/mol. The molecular formula is C18H21F3KN3O3S. The minimum Gasteiger partial charge on any atom is -0.423 e. The molecule has 6 nitrogen and oxygen atoms in total. The first-order chi connectivity index (χ1) is 13.1. The fourth-order valence-electron chi connectivity index (χ4n) is 4.38. The molecule has 0 spiro atoms. The van der Waals surface area contributed by atoms with Crippen molar-refractivity contribution in [2.75, 3.05) is 25.0 Å². The zero-order chi connectivity index (χ0) is 20.1. The number of hydrogen-bond acceptors (Lipinski definition) is 4. The molecule has 11 heteroatoms. The van der Waals surface area contributed by atoms with Crippen LogP contribution in [0.4, 0.5) is 23.7 Å². The predicted octanol–water partition coefficient (Wildman–Crippen LogP) is 0.150. The molecule has 1 aliphatic heterocycles. The van der Waals surface area contributed by atoms with Gasteiger partial charge in [0.1, 0.15) is 0 Å². The summed E-state index contributed by atoms with van der Waals surface area (Å²) in [6.07, 6.45) is 1.16. The van der Waals surface area contributed by atoms with Gasteiger partial charge < -0.3 is 10.0 Å². The van der Waals surface area contributed by atoms with Gasteiger partial charge >= 0.3 is 57.6 Å². The Bertz CT molecular complexity index is 883. The number of aryl methyl sites for hydroxylation is 2. The fraction of sp³-hybridized carbons (Fsp3) is 0.611. The molecule has 3 aliphatic rings. The zero-order valence-corrected chi connectivity index (χ0v) is 20.1. The number of halogens is 3. The first kappa shape index (κ1) is 23.5. The van der Waals surface area contributed by atoms with Gasteiger partial charge in [0.25, 0.3) is 0 Å². The molecule has 154 valence electrons. The van der Waals surface area contributed by atoms with Crippen molar-refractivity contribution in [3.63, 3.8) is 0 Å². The molecule has 2 aliphatic carbocycles. The average Bonchev–Trinajstić information content (AvgIpc) is 3.17. The number of anilines is 1. The first-order valence-electron chi connectivity index (χ1n) is 9.36. The standard InChI is InChI=1S/C18H22F3N3O3S.K/c19-18(20,21)10-24-8-13(9-24)28(26,27)23-17(25)22-16-14-5-1-3-11(14)7-12-4-2-6-15(12)16;/h7,13H,1-6,8-10H2,(H2,22,23,25);/q;+1/p-1. The molecule has 1 aromatic carbocycles. The number of carbonyl (C=O) groups excluding carboxylic acids is 1. The Morgan fingerprint density at radius 1 is 1.10 bits per heavy atom. The number of nitrogens with one attached hydrogen (secondary N) is 1. The van der Waals surface area contributed by atoms with Gasteiger partial charge in [-0.1, -0.05) is 6.07 Å². The van der Waals surface area contributed by atoms with Crippen LogP contribution in [-0.2, 0) is 35.7 Å². The Morgan fingerprint density at radius 2 is 1.66 bits per heavy atom. The molecule has 0 unspecified atom stereocenters. The van der Waals surface area contributed by atoms with Gasteiger partial charge in [-0.3, -0.25) is 9.69 Å². The number of carbonyl (C=O) groups is 1. The Balaban J connectivity index is 0.00000240. The quantitative estimate of drug-likeness (QED) is 0.656. The second-order valence-corrected chi connectivity index (χ2v) is 9.58. The summed E-state index contributed by atoms with van der Waals surface area (Å²) in [5.74, 6) is 0.